The van der Waals surface area contributed by atoms with Crippen molar-refractivity contribution >= 4 is 17.5 Å². The Labute approximate surface area is 169 Å². The third-order valence-electron chi connectivity index (χ3n) is 5.40. The number of methoxy groups -OCH3 is 2. The molecule has 1 aromatic rings. The van der Waals surface area contributed by atoms with Gasteiger partial charge in [-0.1, -0.05) is 30.3 Å². The molecule has 3 rings (SSSR count). The lowest BCUT2D eigenvalue weighted by Gasteiger charge is -2.52. The summed E-state index contributed by atoms with van der Waals surface area (Å²) in [5.74, 6) is -2.01. The lowest BCUT2D eigenvalue weighted by molar-refractivity contribution is -0.280. The number of benzene rings is 1. The molecular weight excluding hydrogens is 380 g/mol. The molecule has 1 saturated carbocycles. The SMILES string of the molecule is CO[C@H]1O[C@H](COCc2ccccc2)C(=O)[C@@]2(OC(C)=O)[C@H](OC)CC(=O)C[C@@H]12. The fourth-order valence-corrected chi connectivity index (χ4v) is 4.17. The van der Waals surface area contributed by atoms with Crippen LogP contribution in [0.3, 0.4) is 0 Å². The Morgan fingerprint density at radius 3 is 2.48 bits per heavy atom. The second kappa shape index (κ2) is 9.13. The van der Waals surface area contributed by atoms with Gasteiger partial charge in [0.25, 0.3) is 0 Å². The van der Waals surface area contributed by atoms with E-state index in [-0.39, 0.29) is 25.2 Å². The van der Waals surface area contributed by atoms with Crippen LogP contribution in [0.15, 0.2) is 30.3 Å². The third-order valence-corrected chi connectivity index (χ3v) is 5.40. The summed E-state index contributed by atoms with van der Waals surface area (Å²) in [6.45, 7) is 1.47. The number of Topliss-reactive ketones (excluding diaryl/α,β-unsaturated/α-hetero) is 2. The Hall–Kier alpha value is -2.13. The van der Waals surface area contributed by atoms with Crippen molar-refractivity contribution in [3.05, 3.63) is 35.9 Å². The average Bonchev–Trinajstić information content (AvgIpc) is 2.70. The van der Waals surface area contributed by atoms with Crippen molar-refractivity contribution in [1.82, 2.24) is 0 Å². The first kappa shape index (κ1) is 21.6. The highest BCUT2D eigenvalue weighted by atomic mass is 16.7. The van der Waals surface area contributed by atoms with Crippen LogP contribution in [0.1, 0.15) is 25.3 Å². The maximum absolute atomic E-state index is 13.5. The molecule has 8 heteroatoms. The maximum atomic E-state index is 13.5. The van der Waals surface area contributed by atoms with Gasteiger partial charge in [-0.15, -0.1) is 0 Å². The predicted molar refractivity (Wildman–Crippen MR) is 99.8 cm³/mol. The summed E-state index contributed by atoms with van der Waals surface area (Å²) in [5.41, 5.74) is -0.710. The van der Waals surface area contributed by atoms with Crippen LogP contribution < -0.4 is 0 Å². The number of hydrogen-bond donors (Lipinski definition) is 0. The van der Waals surface area contributed by atoms with Crippen molar-refractivity contribution in [2.45, 2.75) is 50.5 Å². The van der Waals surface area contributed by atoms with Crippen LogP contribution in [0, 0.1) is 5.92 Å². The number of ether oxygens (including phenoxy) is 5. The Bertz CT molecular complexity index is 748. The van der Waals surface area contributed by atoms with Crippen LogP contribution in [0.5, 0.6) is 0 Å². The molecule has 0 bridgehead atoms. The number of fused-ring (bicyclic) bond motifs is 1. The summed E-state index contributed by atoms with van der Waals surface area (Å²) in [5, 5.41) is 0. The van der Waals surface area contributed by atoms with Crippen molar-refractivity contribution < 1.29 is 38.1 Å². The molecule has 158 valence electrons. The Balaban J connectivity index is 1.86. The molecule has 0 radical (unpaired) electrons. The molecule has 2 aliphatic rings. The molecule has 1 heterocycles. The highest BCUT2D eigenvalue weighted by molar-refractivity contribution is 5.97. The largest absolute Gasteiger partial charge is 0.448 e. The van der Waals surface area contributed by atoms with Crippen LogP contribution in [-0.4, -0.2) is 62.5 Å². The second-order valence-electron chi connectivity index (χ2n) is 7.26. The smallest absolute Gasteiger partial charge is 0.303 e. The fraction of sp³-hybridized carbons (Fsp3) is 0.571. The first-order chi connectivity index (χ1) is 13.9. The first-order valence-electron chi connectivity index (χ1n) is 9.50. The molecule has 0 spiro atoms. The molecule has 0 aromatic heterocycles. The zero-order chi connectivity index (χ0) is 21.0. The van der Waals surface area contributed by atoms with Crippen molar-refractivity contribution in [2.75, 3.05) is 20.8 Å². The van der Waals surface area contributed by atoms with Gasteiger partial charge in [0.15, 0.2) is 6.29 Å². The van der Waals surface area contributed by atoms with E-state index in [1.807, 2.05) is 30.3 Å². The van der Waals surface area contributed by atoms with Crippen LogP contribution in [-0.2, 0) is 44.7 Å². The van der Waals surface area contributed by atoms with Gasteiger partial charge in [-0.3, -0.25) is 14.4 Å². The maximum Gasteiger partial charge on any atom is 0.303 e. The van der Waals surface area contributed by atoms with Gasteiger partial charge in [0.1, 0.15) is 18.0 Å². The summed E-state index contributed by atoms with van der Waals surface area (Å²) in [6.07, 6.45) is -2.89. The van der Waals surface area contributed by atoms with Gasteiger partial charge < -0.3 is 23.7 Å². The quantitative estimate of drug-likeness (QED) is 0.628. The number of carbonyl (C=O) groups is 3. The number of carbonyl (C=O) groups excluding carboxylic acids is 3. The molecular formula is C21H26O8. The zero-order valence-corrected chi connectivity index (χ0v) is 16.8. The van der Waals surface area contributed by atoms with Crippen molar-refractivity contribution in [1.29, 1.82) is 0 Å². The van der Waals surface area contributed by atoms with E-state index in [0.29, 0.717) is 6.61 Å². The average molecular weight is 406 g/mol. The standard InChI is InChI=1S/C21H26O8/c1-13(22)29-21-16(9-15(23)10-18(21)25-2)20(26-3)28-17(19(21)24)12-27-11-14-7-5-4-6-8-14/h4-8,16-18,20H,9-12H2,1-3H3/t16-,17+,18+,20-,21-/m0/s1. The Morgan fingerprint density at radius 2 is 1.86 bits per heavy atom. The lowest BCUT2D eigenvalue weighted by Crippen LogP contribution is -2.71. The Kier molecular flexibility index (Phi) is 6.79. The van der Waals surface area contributed by atoms with Gasteiger partial charge in [-0.05, 0) is 5.56 Å². The zero-order valence-electron chi connectivity index (χ0n) is 16.8. The van der Waals surface area contributed by atoms with E-state index in [0.717, 1.165) is 5.56 Å². The third kappa shape index (κ3) is 4.25. The minimum Gasteiger partial charge on any atom is -0.448 e. The molecule has 5 atom stereocenters. The van der Waals surface area contributed by atoms with Gasteiger partial charge in [0.2, 0.25) is 11.4 Å². The summed E-state index contributed by atoms with van der Waals surface area (Å²) in [4.78, 5) is 37.6. The number of esters is 1. The first-order valence-corrected chi connectivity index (χ1v) is 9.50. The van der Waals surface area contributed by atoms with E-state index in [4.69, 9.17) is 23.7 Å². The molecule has 0 N–H and O–H groups in total. The van der Waals surface area contributed by atoms with Crippen molar-refractivity contribution in [3.63, 3.8) is 0 Å². The number of rotatable bonds is 7. The van der Waals surface area contributed by atoms with E-state index in [2.05, 4.69) is 0 Å². The second-order valence-corrected chi connectivity index (χ2v) is 7.26. The van der Waals surface area contributed by atoms with Crippen LogP contribution in [0.2, 0.25) is 0 Å². The van der Waals surface area contributed by atoms with Gasteiger partial charge in [-0.25, -0.2) is 0 Å². The van der Waals surface area contributed by atoms with Crippen LogP contribution in [0.4, 0.5) is 0 Å². The molecule has 1 saturated heterocycles. The molecule has 8 nitrogen and oxygen atoms in total. The predicted octanol–water partition coefficient (Wildman–Crippen LogP) is 1.44. The minimum absolute atomic E-state index is 0.00498. The van der Waals surface area contributed by atoms with E-state index in [1.54, 1.807) is 0 Å². The fourth-order valence-electron chi connectivity index (χ4n) is 4.17. The van der Waals surface area contributed by atoms with Crippen LogP contribution in [0.25, 0.3) is 0 Å². The minimum atomic E-state index is -1.66. The van der Waals surface area contributed by atoms with Gasteiger partial charge in [0.05, 0.1) is 19.1 Å². The van der Waals surface area contributed by atoms with E-state index in [9.17, 15) is 14.4 Å². The molecule has 1 aliphatic heterocycles. The summed E-state index contributed by atoms with van der Waals surface area (Å²) in [6, 6.07) is 9.50. The topological polar surface area (TPSA) is 97.4 Å². The molecule has 0 unspecified atom stereocenters. The Morgan fingerprint density at radius 1 is 1.14 bits per heavy atom. The summed E-state index contributed by atoms with van der Waals surface area (Å²) < 4.78 is 28.0. The lowest BCUT2D eigenvalue weighted by atomic mass is 9.67. The molecule has 1 aromatic carbocycles. The van der Waals surface area contributed by atoms with E-state index in [1.165, 1.54) is 21.1 Å². The van der Waals surface area contributed by atoms with E-state index >= 15 is 0 Å². The van der Waals surface area contributed by atoms with E-state index < -0.39 is 41.8 Å². The molecule has 0 amide bonds. The van der Waals surface area contributed by atoms with Crippen LogP contribution >= 0.6 is 0 Å². The highest BCUT2D eigenvalue weighted by Gasteiger charge is 2.66. The molecule has 29 heavy (non-hydrogen) atoms. The van der Waals surface area contributed by atoms with Gasteiger partial charge in [0, 0.05) is 34.0 Å². The summed E-state index contributed by atoms with van der Waals surface area (Å²) >= 11 is 0. The highest BCUT2D eigenvalue weighted by Crippen LogP contribution is 2.45. The van der Waals surface area contributed by atoms with Gasteiger partial charge in [-0.2, -0.15) is 0 Å². The molecule has 1 aliphatic carbocycles. The number of hydrogen-bond acceptors (Lipinski definition) is 8. The van der Waals surface area contributed by atoms with Crippen molar-refractivity contribution in [2.24, 2.45) is 5.92 Å². The summed E-state index contributed by atoms with van der Waals surface area (Å²) in [7, 11) is 2.80. The van der Waals surface area contributed by atoms with Gasteiger partial charge >= 0.3 is 5.97 Å². The van der Waals surface area contributed by atoms with Crippen molar-refractivity contribution in [3.8, 4) is 0 Å². The monoisotopic (exact) mass is 406 g/mol. The normalized spacial score (nSPS) is 32.0. The number of ketones is 2. The molecule has 2 fully saturated rings.